The summed E-state index contributed by atoms with van der Waals surface area (Å²) in [5.41, 5.74) is 7.16. The first kappa shape index (κ1) is 14.0. The topological polar surface area (TPSA) is 107 Å². The predicted octanol–water partition coefficient (Wildman–Crippen LogP) is 1.34. The second-order valence-corrected chi connectivity index (χ2v) is 4.91. The molecule has 0 radical (unpaired) electrons. The van der Waals surface area contributed by atoms with Crippen LogP contribution in [0.4, 0.5) is 5.82 Å². The van der Waals surface area contributed by atoms with Crippen LogP contribution in [0.25, 0.3) is 11.2 Å². The Hall–Kier alpha value is -2.96. The normalized spacial score (nSPS) is 11.0. The van der Waals surface area contributed by atoms with Crippen LogP contribution in [-0.4, -0.2) is 25.3 Å². The van der Waals surface area contributed by atoms with Gasteiger partial charge in [0.15, 0.2) is 23.1 Å². The number of H-pyrrole nitrogens is 1. The number of hydrogen-bond acceptors (Lipinski definition) is 5. The number of nitrogen functional groups attached to an aromatic ring is 1. The van der Waals surface area contributed by atoms with Crippen LogP contribution in [0.1, 0.15) is 29.5 Å². The van der Waals surface area contributed by atoms with E-state index in [1.165, 1.54) is 4.57 Å². The van der Waals surface area contributed by atoms with E-state index in [1.807, 2.05) is 30.3 Å². The fourth-order valence-corrected chi connectivity index (χ4v) is 2.25. The van der Waals surface area contributed by atoms with Crippen LogP contribution in [-0.2, 0) is 6.54 Å². The highest BCUT2D eigenvalue weighted by molar-refractivity contribution is 5.95. The van der Waals surface area contributed by atoms with Gasteiger partial charge in [0.1, 0.15) is 5.52 Å². The molecule has 0 saturated carbocycles. The first-order valence-corrected chi connectivity index (χ1v) is 6.93. The standard InChI is InChI=1S/C15H15N5O2/c1-2-10(21)13-18-12(16)11-14(19-13)20(15(22)17-11)8-9-6-4-3-5-7-9/h3-7H,2,8H2,1H3,(H,17,22)(H2,16,18,19). The third-order valence-electron chi connectivity index (χ3n) is 3.40. The molecule has 0 atom stereocenters. The molecule has 0 aliphatic heterocycles. The molecule has 7 nitrogen and oxygen atoms in total. The molecule has 3 N–H and O–H groups in total. The summed E-state index contributed by atoms with van der Waals surface area (Å²) in [4.78, 5) is 34.8. The van der Waals surface area contributed by atoms with Crippen molar-refractivity contribution in [2.75, 3.05) is 5.73 Å². The van der Waals surface area contributed by atoms with Crippen molar-refractivity contribution in [2.24, 2.45) is 0 Å². The van der Waals surface area contributed by atoms with Gasteiger partial charge >= 0.3 is 5.69 Å². The Kier molecular flexibility index (Phi) is 3.46. The van der Waals surface area contributed by atoms with Crippen molar-refractivity contribution in [3.8, 4) is 0 Å². The highest BCUT2D eigenvalue weighted by atomic mass is 16.1. The number of carbonyl (C=O) groups excluding carboxylic acids is 1. The molecular weight excluding hydrogens is 282 g/mol. The average molecular weight is 297 g/mol. The summed E-state index contributed by atoms with van der Waals surface area (Å²) in [6.07, 6.45) is 0.276. The number of ketones is 1. The number of nitrogens with two attached hydrogens (primary N) is 1. The van der Waals surface area contributed by atoms with Crippen molar-refractivity contribution in [2.45, 2.75) is 19.9 Å². The second-order valence-electron chi connectivity index (χ2n) is 4.91. The zero-order valence-corrected chi connectivity index (χ0v) is 12.0. The van der Waals surface area contributed by atoms with Gasteiger partial charge in [0.2, 0.25) is 0 Å². The van der Waals surface area contributed by atoms with E-state index in [4.69, 9.17) is 5.73 Å². The van der Waals surface area contributed by atoms with Gasteiger partial charge in [-0.05, 0) is 5.56 Å². The lowest BCUT2D eigenvalue weighted by Crippen LogP contribution is -2.18. The molecule has 0 spiro atoms. The Labute approximate surface area is 125 Å². The number of anilines is 1. The highest BCUT2D eigenvalue weighted by Crippen LogP contribution is 2.16. The maximum absolute atomic E-state index is 12.1. The second kappa shape index (κ2) is 5.44. The number of nitrogens with zero attached hydrogens (tertiary/aromatic N) is 3. The lowest BCUT2D eigenvalue weighted by molar-refractivity contribution is 0.0978. The van der Waals surface area contributed by atoms with E-state index in [9.17, 15) is 9.59 Å². The first-order valence-electron chi connectivity index (χ1n) is 6.93. The Morgan fingerprint density at radius 2 is 2.00 bits per heavy atom. The van der Waals surface area contributed by atoms with Gasteiger partial charge in [-0.2, -0.15) is 0 Å². The van der Waals surface area contributed by atoms with E-state index in [-0.39, 0.29) is 29.5 Å². The minimum absolute atomic E-state index is 0.0355. The molecule has 7 heteroatoms. The van der Waals surface area contributed by atoms with Crippen molar-refractivity contribution in [3.05, 3.63) is 52.2 Å². The van der Waals surface area contributed by atoms with Gasteiger partial charge in [-0.3, -0.25) is 9.36 Å². The molecule has 0 saturated heterocycles. The third-order valence-corrected chi connectivity index (χ3v) is 3.40. The summed E-state index contributed by atoms with van der Waals surface area (Å²) >= 11 is 0. The van der Waals surface area contributed by atoms with Crippen LogP contribution in [0.15, 0.2) is 35.1 Å². The molecule has 0 bridgehead atoms. The number of imidazole rings is 1. The molecule has 0 unspecified atom stereocenters. The molecule has 0 fully saturated rings. The lowest BCUT2D eigenvalue weighted by atomic mass is 10.2. The maximum atomic E-state index is 12.1. The smallest absolute Gasteiger partial charge is 0.328 e. The Balaban J connectivity index is 2.17. The Morgan fingerprint density at radius 3 is 2.68 bits per heavy atom. The molecule has 0 aliphatic rings. The number of benzene rings is 1. The van der Waals surface area contributed by atoms with Crippen LogP contribution < -0.4 is 11.4 Å². The zero-order valence-electron chi connectivity index (χ0n) is 12.0. The van der Waals surface area contributed by atoms with E-state index in [2.05, 4.69) is 15.0 Å². The molecule has 112 valence electrons. The predicted molar refractivity (Wildman–Crippen MR) is 82.7 cm³/mol. The van der Waals surface area contributed by atoms with Gasteiger partial charge in [0, 0.05) is 6.42 Å². The number of nitrogens with one attached hydrogen (secondary N) is 1. The summed E-state index contributed by atoms with van der Waals surface area (Å²) in [7, 11) is 0. The number of aromatic nitrogens is 4. The number of aromatic amines is 1. The number of fused-ring (bicyclic) bond motifs is 1. The Bertz CT molecular complexity index is 895. The van der Waals surface area contributed by atoms with Crippen molar-refractivity contribution in [1.82, 2.24) is 19.5 Å². The summed E-state index contributed by atoms with van der Waals surface area (Å²) in [5.74, 6) is -0.0764. The first-order chi connectivity index (χ1) is 10.6. The monoisotopic (exact) mass is 297 g/mol. The number of Topliss-reactive ketones (excluding diaryl/α,β-unsaturated/α-hetero) is 1. The van der Waals surface area contributed by atoms with Crippen molar-refractivity contribution in [3.63, 3.8) is 0 Å². The van der Waals surface area contributed by atoms with E-state index in [0.717, 1.165) is 5.56 Å². The SMILES string of the molecule is CCC(=O)c1nc(N)c2[nH]c(=O)n(Cc3ccccc3)c2n1. The summed E-state index contributed by atoms with van der Waals surface area (Å²) in [6, 6.07) is 9.51. The number of rotatable bonds is 4. The fraction of sp³-hybridized carbons (Fsp3) is 0.200. The Morgan fingerprint density at radius 1 is 1.27 bits per heavy atom. The fourth-order valence-electron chi connectivity index (χ4n) is 2.25. The van der Waals surface area contributed by atoms with Gasteiger partial charge < -0.3 is 10.7 Å². The van der Waals surface area contributed by atoms with Crippen molar-refractivity contribution in [1.29, 1.82) is 0 Å². The lowest BCUT2D eigenvalue weighted by Gasteiger charge is -2.05. The van der Waals surface area contributed by atoms with E-state index in [0.29, 0.717) is 17.7 Å². The molecule has 1 aromatic carbocycles. The quantitative estimate of drug-likeness (QED) is 0.707. The van der Waals surface area contributed by atoms with E-state index < -0.39 is 0 Å². The highest BCUT2D eigenvalue weighted by Gasteiger charge is 2.16. The van der Waals surface area contributed by atoms with Gasteiger partial charge in [-0.1, -0.05) is 37.3 Å². The molecule has 0 amide bonds. The summed E-state index contributed by atoms with van der Waals surface area (Å²) < 4.78 is 1.45. The van der Waals surface area contributed by atoms with E-state index in [1.54, 1.807) is 6.92 Å². The average Bonchev–Trinajstić information content (AvgIpc) is 2.84. The van der Waals surface area contributed by atoms with Crippen molar-refractivity contribution < 1.29 is 4.79 Å². The van der Waals surface area contributed by atoms with E-state index >= 15 is 0 Å². The number of carbonyl (C=O) groups is 1. The molecule has 3 rings (SSSR count). The van der Waals surface area contributed by atoms with Gasteiger partial charge in [-0.25, -0.2) is 14.8 Å². The van der Waals surface area contributed by atoms with Crippen LogP contribution in [0, 0.1) is 0 Å². The van der Waals surface area contributed by atoms with Gasteiger partial charge in [0.05, 0.1) is 6.54 Å². The molecule has 2 aromatic heterocycles. The van der Waals surface area contributed by atoms with Crippen LogP contribution in [0.5, 0.6) is 0 Å². The molecule has 2 heterocycles. The molecular formula is C15H15N5O2. The summed E-state index contributed by atoms with van der Waals surface area (Å²) in [5, 5.41) is 0. The van der Waals surface area contributed by atoms with Crippen LogP contribution >= 0.6 is 0 Å². The zero-order chi connectivity index (χ0) is 15.7. The van der Waals surface area contributed by atoms with Gasteiger partial charge in [-0.15, -0.1) is 0 Å². The minimum Gasteiger partial charge on any atom is -0.382 e. The van der Waals surface area contributed by atoms with Gasteiger partial charge in [0.25, 0.3) is 0 Å². The van der Waals surface area contributed by atoms with Crippen molar-refractivity contribution >= 4 is 22.8 Å². The third kappa shape index (κ3) is 2.37. The molecule has 0 aliphatic carbocycles. The minimum atomic E-state index is -0.332. The largest absolute Gasteiger partial charge is 0.382 e. The summed E-state index contributed by atoms with van der Waals surface area (Å²) in [6.45, 7) is 2.07. The van der Waals surface area contributed by atoms with Crippen LogP contribution in [0.2, 0.25) is 0 Å². The molecule has 3 aromatic rings. The number of hydrogen-bond donors (Lipinski definition) is 2. The maximum Gasteiger partial charge on any atom is 0.328 e. The van der Waals surface area contributed by atoms with Crippen LogP contribution in [0.3, 0.4) is 0 Å². The molecule has 22 heavy (non-hydrogen) atoms.